The summed E-state index contributed by atoms with van der Waals surface area (Å²) in [4.78, 5) is 0. The zero-order valence-electron chi connectivity index (χ0n) is 7.56. The number of benzene rings is 1. The van der Waals surface area contributed by atoms with Crippen molar-refractivity contribution < 1.29 is 0 Å². The third kappa shape index (κ3) is 3.99. The zero-order chi connectivity index (χ0) is 9.68. The van der Waals surface area contributed by atoms with Crippen LogP contribution in [0.4, 0.5) is 0 Å². The number of hydrogen-bond donors (Lipinski definition) is 1. The van der Waals surface area contributed by atoms with E-state index in [4.69, 9.17) is 23.2 Å². The minimum absolute atomic E-state index is 0.155. The summed E-state index contributed by atoms with van der Waals surface area (Å²) in [5, 5.41) is 4.18. The lowest BCUT2D eigenvalue weighted by molar-refractivity contribution is 0.680. The van der Waals surface area contributed by atoms with Crippen LogP contribution < -0.4 is 5.32 Å². The van der Waals surface area contributed by atoms with Gasteiger partial charge in [0.25, 0.3) is 0 Å². The lowest BCUT2D eigenvalue weighted by Gasteiger charge is -2.07. The second-order valence-electron chi connectivity index (χ2n) is 3.00. The standard InChI is InChI=1S/C10H13Cl2N/c1-8(11)6-13-7-9-4-2-3-5-10(9)12/h2-5,8,13H,6-7H2,1H3. The van der Waals surface area contributed by atoms with Crippen LogP contribution in [0.2, 0.25) is 5.02 Å². The van der Waals surface area contributed by atoms with Crippen molar-refractivity contribution in [1.82, 2.24) is 5.32 Å². The van der Waals surface area contributed by atoms with Gasteiger partial charge in [-0.2, -0.15) is 0 Å². The van der Waals surface area contributed by atoms with Gasteiger partial charge in [-0.05, 0) is 18.6 Å². The lowest BCUT2D eigenvalue weighted by atomic mass is 10.2. The zero-order valence-corrected chi connectivity index (χ0v) is 9.07. The summed E-state index contributed by atoms with van der Waals surface area (Å²) >= 11 is 11.8. The molecule has 0 radical (unpaired) electrons. The Morgan fingerprint density at radius 1 is 1.38 bits per heavy atom. The molecule has 0 bridgehead atoms. The van der Waals surface area contributed by atoms with Crippen molar-refractivity contribution in [3.63, 3.8) is 0 Å². The first kappa shape index (κ1) is 10.8. The van der Waals surface area contributed by atoms with E-state index >= 15 is 0 Å². The molecule has 0 spiro atoms. The van der Waals surface area contributed by atoms with E-state index in [-0.39, 0.29) is 5.38 Å². The molecule has 0 aliphatic heterocycles. The van der Waals surface area contributed by atoms with Crippen molar-refractivity contribution in [2.45, 2.75) is 18.8 Å². The molecular weight excluding hydrogens is 205 g/mol. The second kappa shape index (κ2) is 5.48. The van der Waals surface area contributed by atoms with Crippen LogP contribution in [0.1, 0.15) is 12.5 Å². The van der Waals surface area contributed by atoms with Crippen LogP contribution in [0.15, 0.2) is 24.3 Å². The highest BCUT2D eigenvalue weighted by Gasteiger charge is 1.99. The summed E-state index contributed by atoms with van der Waals surface area (Å²) in [5.41, 5.74) is 1.11. The summed E-state index contributed by atoms with van der Waals surface area (Å²) in [6.07, 6.45) is 0. The van der Waals surface area contributed by atoms with Gasteiger partial charge in [0.2, 0.25) is 0 Å². The van der Waals surface area contributed by atoms with E-state index in [1.165, 1.54) is 0 Å². The minimum atomic E-state index is 0.155. The Balaban J connectivity index is 2.41. The van der Waals surface area contributed by atoms with Crippen LogP contribution in [0.3, 0.4) is 0 Å². The smallest absolute Gasteiger partial charge is 0.0450 e. The summed E-state index contributed by atoms with van der Waals surface area (Å²) in [6, 6.07) is 7.81. The van der Waals surface area contributed by atoms with Gasteiger partial charge in [-0.1, -0.05) is 29.8 Å². The highest BCUT2D eigenvalue weighted by atomic mass is 35.5. The summed E-state index contributed by atoms with van der Waals surface area (Å²) < 4.78 is 0. The molecule has 0 saturated carbocycles. The fraction of sp³-hybridized carbons (Fsp3) is 0.400. The average molecular weight is 218 g/mol. The van der Waals surface area contributed by atoms with E-state index in [1.807, 2.05) is 31.2 Å². The fourth-order valence-corrected chi connectivity index (χ4v) is 1.36. The van der Waals surface area contributed by atoms with E-state index in [1.54, 1.807) is 0 Å². The van der Waals surface area contributed by atoms with Gasteiger partial charge in [-0.25, -0.2) is 0 Å². The molecule has 1 unspecified atom stereocenters. The third-order valence-electron chi connectivity index (χ3n) is 1.70. The van der Waals surface area contributed by atoms with E-state index in [0.717, 1.165) is 23.7 Å². The number of hydrogen-bond acceptors (Lipinski definition) is 1. The van der Waals surface area contributed by atoms with Crippen molar-refractivity contribution in [3.05, 3.63) is 34.9 Å². The monoisotopic (exact) mass is 217 g/mol. The molecule has 3 heteroatoms. The molecule has 0 amide bonds. The first-order valence-electron chi connectivity index (χ1n) is 4.28. The summed E-state index contributed by atoms with van der Waals surface area (Å²) in [7, 11) is 0. The van der Waals surface area contributed by atoms with Crippen LogP contribution >= 0.6 is 23.2 Å². The number of rotatable bonds is 4. The molecule has 0 aliphatic rings. The SMILES string of the molecule is CC(Cl)CNCc1ccccc1Cl. The Morgan fingerprint density at radius 3 is 2.69 bits per heavy atom. The Hall–Kier alpha value is -0.240. The first-order chi connectivity index (χ1) is 6.20. The molecule has 1 N–H and O–H groups in total. The van der Waals surface area contributed by atoms with E-state index in [2.05, 4.69) is 5.32 Å². The predicted molar refractivity (Wildman–Crippen MR) is 58.5 cm³/mol. The van der Waals surface area contributed by atoms with Crippen molar-refractivity contribution in [1.29, 1.82) is 0 Å². The molecule has 0 heterocycles. The molecule has 0 fully saturated rings. The Bertz CT molecular complexity index is 261. The molecule has 72 valence electrons. The first-order valence-corrected chi connectivity index (χ1v) is 5.10. The van der Waals surface area contributed by atoms with Crippen molar-refractivity contribution >= 4 is 23.2 Å². The van der Waals surface area contributed by atoms with Crippen LogP contribution in [-0.4, -0.2) is 11.9 Å². The van der Waals surface area contributed by atoms with Gasteiger partial charge in [-0.3, -0.25) is 0 Å². The van der Waals surface area contributed by atoms with Crippen LogP contribution in [0.25, 0.3) is 0 Å². The van der Waals surface area contributed by atoms with Gasteiger partial charge in [0.1, 0.15) is 0 Å². The van der Waals surface area contributed by atoms with Gasteiger partial charge >= 0.3 is 0 Å². The van der Waals surface area contributed by atoms with Gasteiger partial charge in [-0.15, -0.1) is 11.6 Å². The van der Waals surface area contributed by atoms with Gasteiger partial charge in [0, 0.05) is 23.5 Å². The second-order valence-corrected chi connectivity index (χ2v) is 4.16. The third-order valence-corrected chi connectivity index (χ3v) is 2.22. The predicted octanol–water partition coefficient (Wildman–Crippen LogP) is 3.06. The van der Waals surface area contributed by atoms with Crippen LogP contribution in [0, 0.1) is 0 Å². The van der Waals surface area contributed by atoms with E-state index in [0.29, 0.717) is 0 Å². The van der Waals surface area contributed by atoms with Crippen molar-refractivity contribution in [3.8, 4) is 0 Å². The quantitative estimate of drug-likeness (QED) is 0.766. The van der Waals surface area contributed by atoms with Crippen molar-refractivity contribution in [2.24, 2.45) is 0 Å². The molecule has 0 aromatic heterocycles. The number of nitrogens with one attached hydrogen (secondary N) is 1. The molecule has 1 rings (SSSR count). The maximum Gasteiger partial charge on any atom is 0.0450 e. The lowest BCUT2D eigenvalue weighted by Crippen LogP contribution is -2.20. The maximum atomic E-state index is 5.97. The minimum Gasteiger partial charge on any atom is -0.311 e. The fourth-order valence-electron chi connectivity index (χ4n) is 1.05. The molecule has 1 nitrogen and oxygen atoms in total. The number of halogens is 2. The Labute approximate surface area is 89.0 Å². The van der Waals surface area contributed by atoms with Crippen LogP contribution in [0.5, 0.6) is 0 Å². The highest BCUT2D eigenvalue weighted by Crippen LogP contribution is 2.14. The largest absolute Gasteiger partial charge is 0.311 e. The molecular formula is C10H13Cl2N. The molecule has 1 atom stereocenters. The molecule has 13 heavy (non-hydrogen) atoms. The Kier molecular flexibility index (Phi) is 4.57. The van der Waals surface area contributed by atoms with Gasteiger partial charge in [0.05, 0.1) is 0 Å². The van der Waals surface area contributed by atoms with Gasteiger partial charge < -0.3 is 5.32 Å². The molecule has 1 aromatic rings. The van der Waals surface area contributed by atoms with Gasteiger partial charge in [0.15, 0.2) is 0 Å². The summed E-state index contributed by atoms with van der Waals surface area (Å²) in [5.74, 6) is 0. The summed E-state index contributed by atoms with van der Waals surface area (Å²) in [6.45, 7) is 3.53. The van der Waals surface area contributed by atoms with Crippen molar-refractivity contribution in [2.75, 3.05) is 6.54 Å². The van der Waals surface area contributed by atoms with Crippen LogP contribution in [-0.2, 0) is 6.54 Å². The number of alkyl halides is 1. The Morgan fingerprint density at radius 2 is 2.08 bits per heavy atom. The van der Waals surface area contributed by atoms with E-state index < -0.39 is 0 Å². The molecule has 1 aromatic carbocycles. The average Bonchev–Trinajstić information content (AvgIpc) is 2.08. The maximum absolute atomic E-state index is 5.97. The topological polar surface area (TPSA) is 12.0 Å². The highest BCUT2D eigenvalue weighted by molar-refractivity contribution is 6.31. The normalized spacial score (nSPS) is 12.8. The molecule has 0 saturated heterocycles. The van der Waals surface area contributed by atoms with E-state index in [9.17, 15) is 0 Å². The molecule has 0 aliphatic carbocycles.